The van der Waals surface area contributed by atoms with Crippen molar-refractivity contribution < 1.29 is 0 Å². The van der Waals surface area contributed by atoms with Crippen LogP contribution in [0.1, 0.15) is 65.7 Å². The lowest BCUT2D eigenvalue weighted by Gasteiger charge is -2.25. The molecule has 0 spiro atoms. The molecule has 1 N–H and O–H groups in total. The minimum atomic E-state index is 0.833. The second-order valence-corrected chi connectivity index (χ2v) is 5.86. The van der Waals surface area contributed by atoms with E-state index in [9.17, 15) is 0 Å². The van der Waals surface area contributed by atoms with Crippen LogP contribution < -0.4 is 5.32 Å². The van der Waals surface area contributed by atoms with E-state index in [4.69, 9.17) is 0 Å². The normalized spacial score (nSPS) is 17.2. The first-order chi connectivity index (χ1) is 8.80. The van der Waals surface area contributed by atoms with E-state index < -0.39 is 0 Å². The molecular weight excluding hydrogens is 220 g/mol. The topological polar surface area (TPSA) is 15.3 Å². The minimum absolute atomic E-state index is 0.833. The van der Waals surface area contributed by atoms with Crippen molar-refractivity contribution in [1.29, 1.82) is 0 Å². The molecular formula is C16H34N2. The van der Waals surface area contributed by atoms with Crippen LogP contribution in [0, 0.1) is 5.92 Å². The summed E-state index contributed by atoms with van der Waals surface area (Å²) >= 11 is 0. The summed E-state index contributed by atoms with van der Waals surface area (Å²) in [7, 11) is 0. The number of hydrogen-bond acceptors (Lipinski definition) is 2. The molecule has 0 radical (unpaired) electrons. The second kappa shape index (κ2) is 9.80. The van der Waals surface area contributed by atoms with Crippen molar-refractivity contribution in [2.45, 2.75) is 71.8 Å². The maximum Gasteiger partial charge on any atom is 0.00670 e. The van der Waals surface area contributed by atoms with Gasteiger partial charge in [-0.2, -0.15) is 0 Å². The number of nitrogens with one attached hydrogen (secondary N) is 1. The summed E-state index contributed by atoms with van der Waals surface area (Å²) in [5.74, 6) is 0.896. The van der Waals surface area contributed by atoms with Crippen LogP contribution in [0.3, 0.4) is 0 Å². The Kier molecular flexibility index (Phi) is 8.70. The zero-order chi connectivity index (χ0) is 13.2. The zero-order valence-corrected chi connectivity index (χ0v) is 12.9. The van der Waals surface area contributed by atoms with Gasteiger partial charge >= 0.3 is 0 Å². The highest BCUT2D eigenvalue weighted by Gasteiger charge is 2.14. The van der Waals surface area contributed by atoms with Gasteiger partial charge in [-0.1, -0.05) is 46.5 Å². The van der Waals surface area contributed by atoms with Gasteiger partial charge < -0.3 is 10.2 Å². The Balaban J connectivity index is 2.06. The maximum absolute atomic E-state index is 3.72. The van der Waals surface area contributed by atoms with Gasteiger partial charge in [0, 0.05) is 12.6 Å². The lowest BCUT2D eigenvalue weighted by Crippen LogP contribution is -2.33. The van der Waals surface area contributed by atoms with Gasteiger partial charge in [0.25, 0.3) is 0 Å². The molecule has 1 fully saturated rings. The van der Waals surface area contributed by atoms with Gasteiger partial charge in [-0.05, 0) is 44.8 Å². The molecule has 0 saturated heterocycles. The van der Waals surface area contributed by atoms with Gasteiger partial charge in [-0.15, -0.1) is 0 Å². The van der Waals surface area contributed by atoms with Crippen LogP contribution in [0.5, 0.6) is 0 Å². The standard InChI is InChI=1S/C16H34N2/c1-4-15(5-2)14-18(6-3)13-9-12-17-16-10-7-8-11-16/h15-17H,4-14H2,1-3H3. The fraction of sp³-hybridized carbons (Fsp3) is 1.00. The first-order valence-electron chi connectivity index (χ1n) is 8.25. The third-order valence-electron chi connectivity index (χ3n) is 4.56. The fourth-order valence-corrected chi connectivity index (χ4v) is 3.03. The molecule has 18 heavy (non-hydrogen) atoms. The van der Waals surface area contributed by atoms with E-state index in [-0.39, 0.29) is 0 Å². The van der Waals surface area contributed by atoms with Crippen molar-refractivity contribution in [3.05, 3.63) is 0 Å². The molecule has 0 aromatic rings. The van der Waals surface area contributed by atoms with Gasteiger partial charge in [0.2, 0.25) is 0 Å². The Morgan fingerprint density at radius 1 is 1.11 bits per heavy atom. The third-order valence-corrected chi connectivity index (χ3v) is 4.56. The van der Waals surface area contributed by atoms with Crippen LogP contribution in [0.15, 0.2) is 0 Å². The van der Waals surface area contributed by atoms with Crippen LogP contribution in [0.4, 0.5) is 0 Å². The van der Waals surface area contributed by atoms with Gasteiger partial charge in [-0.25, -0.2) is 0 Å². The molecule has 1 rings (SSSR count). The molecule has 0 heterocycles. The number of rotatable bonds is 10. The summed E-state index contributed by atoms with van der Waals surface area (Å²) in [4.78, 5) is 2.63. The molecule has 0 aromatic carbocycles. The Bertz CT molecular complexity index is 184. The summed E-state index contributed by atoms with van der Waals surface area (Å²) in [6.45, 7) is 11.9. The predicted molar refractivity (Wildman–Crippen MR) is 81.1 cm³/mol. The van der Waals surface area contributed by atoms with E-state index in [1.807, 2.05) is 0 Å². The molecule has 0 aliphatic heterocycles. The number of hydrogen-bond donors (Lipinski definition) is 1. The molecule has 0 bridgehead atoms. The summed E-state index contributed by atoms with van der Waals surface area (Å²) < 4.78 is 0. The van der Waals surface area contributed by atoms with Crippen molar-refractivity contribution in [1.82, 2.24) is 10.2 Å². The molecule has 2 nitrogen and oxygen atoms in total. The smallest absolute Gasteiger partial charge is 0.00670 e. The van der Waals surface area contributed by atoms with E-state index in [0.29, 0.717) is 0 Å². The fourth-order valence-electron chi connectivity index (χ4n) is 3.03. The van der Waals surface area contributed by atoms with Gasteiger partial charge in [0.05, 0.1) is 0 Å². The van der Waals surface area contributed by atoms with Crippen molar-refractivity contribution in [2.24, 2.45) is 5.92 Å². The van der Waals surface area contributed by atoms with Crippen molar-refractivity contribution >= 4 is 0 Å². The minimum Gasteiger partial charge on any atom is -0.314 e. The molecule has 1 aliphatic carbocycles. The SMILES string of the molecule is CCC(CC)CN(CC)CCCNC1CCCC1. The highest BCUT2D eigenvalue weighted by atomic mass is 15.1. The van der Waals surface area contributed by atoms with Crippen LogP contribution in [0.25, 0.3) is 0 Å². The van der Waals surface area contributed by atoms with Crippen LogP contribution >= 0.6 is 0 Å². The van der Waals surface area contributed by atoms with Gasteiger partial charge in [0.15, 0.2) is 0 Å². The van der Waals surface area contributed by atoms with Crippen molar-refractivity contribution in [3.63, 3.8) is 0 Å². The van der Waals surface area contributed by atoms with E-state index in [1.165, 1.54) is 71.1 Å². The molecule has 0 aromatic heterocycles. The van der Waals surface area contributed by atoms with Crippen LogP contribution in [-0.2, 0) is 0 Å². The Morgan fingerprint density at radius 3 is 2.33 bits per heavy atom. The van der Waals surface area contributed by atoms with Crippen molar-refractivity contribution in [3.8, 4) is 0 Å². The van der Waals surface area contributed by atoms with Crippen molar-refractivity contribution in [2.75, 3.05) is 26.2 Å². The lowest BCUT2D eigenvalue weighted by atomic mass is 10.0. The van der Waals surface area contributed by atoms with Gasteiger partial charge in [-0.3, -0.25) is 0 Å². The lowest BCUT2D eigenvalue weighted by molar-refractivity contribution is 0.230. The monoisotopic (exact) mass is 254 g/mol. The largest absolute Gasteiger partial charge is 0.314 e. The summed E-state index contributed by atoms with van der Waals surface area (Å²) in [5, 5.41) is 3.72. The Morgan fingerprint density at radius 2 is 1.78 bits per heavy atom. The molecule has 0 atom stereocenters. The highest BCUT2D eigenvalue weighted by Crippen LogP contribution is 2.17. The predicted octanol–water partition coefficient (Wildman–Crippen LogP) is 3.67. The Labute approximate surface area is 115 Å². The summed E-state index contributed by atoms with van der Waals surface area (Å²) in [6, 6.07) is 0.833. The van der Waals surface area contributed by atoms with E-state index in [0.717, 1.165) is 12.0 Å². The third kappa shape index (κ3) is 6.19. The molecule has 0 unspecified atom stereocenters. The average Bonchev–Trinajstić information content (AvgIpc) is 2.91. The maximum atomic E-state index is 3.72. The van der Waals surface area contributed by atoms with Crippen LogP contribution in [-0.4, -0.2) is 37.1 Å². The van der Waals surface area contributed by atoms with Gasteiger partial charge in [0.1, 0.15) is 0 Å². The molecule has 2 heteroatoms. The molecule has 0 amide bonds. The molecule has 1 saturated carbocycles. The highest BCUT2D eigenvalue weighted by molar-refractivity contribution is 4.73. The van der Waals surface area contributed by atoms with E-state index in [2.05, 4.69) is 31.0 Å². The molecule has 1 aliphatic rings. The average molecular weight is 254 g/mol. The summed E-state index contributed by atoms with van der Waals surface area (Å²) in [5.41, 5.74) is 0. The second-order valence-electron chi connectivity index (χ2n) is 5.86. The quantitative estimate of drug-likeness (QED) is 0.598. The van der Waals surface area contributed by atoms with Crippen LogP contribution in [0.2, 0.25) is 0 Å². The number of nitrogens with zero attached hydrogens (tertiary/aromatic N) is 1. The summed E-state index contributed by atoms with van der Waals surface area (Å²) in [6.07, 6.45) is 9.66. The molecule has 108 valence electrons. The first-order valence-corrected chi connectivity index (χ1v) is 8.25. The van der Waals surface area contributed by atoms with E-state index >= 15 is 0 Å². The zero-order valence-electron chi connectivity index (χ0n) is 12.9. The van der Waals surface area contributed by atoms with E-state index in [1.54, 1.807) is 0 Å². The first kappa shape index (κ1) is 16.0. The Hall–Kier alpha value is -0.0800.